The van der Waals surface area contributed by atoms with Crippen LogP contribution in [-0.4, -0.2) is 310 Å². The predicted molar refractivity (Wildman–Crippen MR) is 383 cm³/mol. The van der Waals surface area contributed by atoms with Gasteiger partial charge in [-0.15, -0.1) is 5.06 Å². The second kappa shape index (κ2) is 67.2. The van der Waals surface area contributed by atoms with Gasteiger partial charge >= 0.3 is 24.1 Å². The minimum absolute atomic E-state index is 0. The summed E-state index contributed by atoms with van der Waals surface area (Å²) in [5, 5.41) is 57.4. The fourth-order valence-corrected chi connectivity index (χ4v) is 7.86. The van der Waals surface area contributed by atoms with E-state index in [1.807, 2.05) is 29.2 Å². The summed E-state index contributed by atoms with van der Waals surface area (Å²) in [6, 6.07) is 18.0. The van der Waals surface area contributed by atoms with Gasteiger partial charge in [0, 0.05) is 59.8 Å². The van der Waals surface area contributed by atoms with E-state index >= 15 is 0 Å². The van der Waals surface area contributed by atoms with E-state index in [9.17, 15) is 71.9 Å². The van der Waals surface area contributed by atoms with Crippen LogP contribution in [0.3, 0.4) is 0 Å². The predicted octanol–water partition coefficient (Wildman–Crippen LogP) is -5.93. The second-order valence-electron chi connectivity index (χ2n) is 22.4. The Morgan fingerprint density at radius 2 is 0.798 bits per heavy atom. The molecule has 0 aliphatic carbocycles. The first-order chi connectivity index (χ1) is 52.5. The van der Waals surface area contributed by atoms with E-state index in [-0.39, 0.29) is 131 Å². The molecule has 2 aliphatic heterocycles. The monoisotopic (exact) mass is 1560 g/mol. The van der Waals surface area contributed by atoms with Crippen LogP contribution >= 0.6 is 0 Å². The molecule has 2 aromatic carbocycles. The summed E-state index contributed by atoms with van der Waals surface area (Å²) < 4.78 is 40.1. The van der Waals surface area contributed by atoms with Gasteiger partial charge in [0.25, 0.3) is 11.8 Å². The Kier molecular flexibility index (Phi) is 61.0. The Hall–Kier alpha value is -10.2. The van der Waals surface area contributed by atoms with Crippen LogP contribution in [-0.2, 0) is 118 Å². The first kappa shape index (κ1) is 98.8. The Morgan fingerprint density at radius 1 is 0.450 bits per heavy atom. The van der Waals surface area contributed by atoms with Gasteiger partial charge in [0.2, 0.25) is 53.2 Å². The molecule has 18 N–H and O–H groups in total. The zero-order valence-corrected chi connectivity index (χ0v) is 61.4. The lowest BCUT2D eigenvalue weighted by Crippen LogP contribution is -2.44. The van der Waals surface area contributed by atoms with Gasteiger partial charge in [-0.05, 0) is 36.3 Å². The highest BCUT2D eigenvalue weighted by atomic mass is 16.7. The topological polar surface area (TPSA) is 599 Å². The number of aliphatic hydroxyl groups excluding tert-OH is 3. The fourth-order valence-electron chi connectivity index (χ4n) is 7.86. The molecule has 0 spiro atoms. The van der Waals surface area contributed by atoms with E-state index in [2.05, 4.69) is 64.9 Å². The first-order valence-corrected chi connectivity index (χ1v) is 34.7. The number of carbonyl (C=O) groups excluding carboxylic acids is 14. The van der Waals surface area contributed by atoms with E-state index in [4.69, 9.17) is 69.8 Å². The number of aliphatic hydroxyl groups is 3. The van der Waals surface area contributed by atoms with Gasteiger partial charge < -0.3 is 133 Å². The number of hydrogen-bond donors (Lipinski definition) is 16. The molecule has 4 rings (SSSR count). The normalized spacial score (nSPS) is 12.3. The molecule has 0 radical (unpaired) electrons. The molecule has 2 aromatic rings. The quantitative estimate of drug-likeness (QED) is 0.0217. The van der Waals surface area contributed by atoms with E-state index in [0.29, 0.717) is 103 Å². The van der Waals surface area contributed by atoms with Crippen molar-refractivity contribution < 1.29 is 137 Å². The van der Waals surface area contributed by atoms with Crippen molar-refractivity contribution in [3.05, 3.63) is 71.8 Å². The molecule has 2 aliphatic rings. The molecule has 2 fully saturated rings. The number of carboxylic acid groups (broad SMARTS) is 1. The number of nitrogens with one attached hydrogen (secondary N) is 10. The lowest BCUT2D eigenvalue weighted by Gasteiger charge is -2.15. The smallest absolute Gasteiger partial charge is 0.407 e. The van der Waals surface area contributed by atoms with Crippen molar-refractivity contribution >= 4 is 89.1 Å². The third kappa shape index (κ3) is 60.5. The lowest BCUT2D eigenvalue weighted by molar-refractivity contribution is -0.196. The second-order valence-corrected chi connectivity index (χ2v) is 22.4. The van der Waals surface area contributed by atoms with Crippen molar-refractivity contribution in [1.29, 1.82) is 0 Å². The van der Waals surface area contributed by atoms with E-state index in [1.165, 1.54) is 0 Å². The summed E-state index contributed by atoms with van der Waals surface area (Å²) in [6.07, 6.45) is 1.42. The minimum Gasteiger partial charge on any atom is -0.481 e. The Morgan fingerprint density at radius 3 is 1.16 bits per heavy atom. The van der Waals surface area contributed by atoms with Crippen molar-refractivity contribution in [2.24, 2.45) is 17.4 Å². The van der Waals surface area contributed by atoms with Gasteiger partial charge in [0.1, 0.15) is 32.8 Å². The lowest BCUT2D eigenvalue weighted by atomic mass is 10.1. The number of nitrogens with zero attached hydrogens (tertiary/aromatic N) is 2. The highest BCUT2D eigenvalue weighted by molar-refractivity contribution is 6.02. The maximum Gasteiger partial charge on any atom is 0.407 e. The fraction of sp³-hybridized carbons (Fsp3) is 0.597. The number of nitrogens with two attached hydrogens (primary N) is 2. The van der Waals surface area contributed by atoms with Crippen molar-refractivity contribution in [2.45, 2.75) is 65.1 Å². The van der Waals surface area contributed by atoms with E-state index in [0.717, 1.165) is 30.6 Å². The van der Waals surface area contributed by atoms with Crippen LogP contribution < -0.4 is 64.6 Å². The highest BCUT2D eigenvalue weighted by Crippen LogP contribution is 2.17. The zero-order valence-electron chi connectivity index (χ0n) is 61.4. The molecule has 2 heterocycles. The molecule has 109 heavy (non-hydrogen) atoms. The zero-order chi connectivity index (χ0) is 80.9. The van der Waals surface area contributed by atoms with Crippen molar-refractivity contribution in [3.8, 4) is 0 Å². The third-order valence-electron chi connectivity index (χ3n) is 13.3. The number of hydrogen-bond acceptors (Lipinski definition) is 29. The summed E-state index contributed by atoms with van der Waals surface area (Å²) >= 11 is 0. The van der Waals surface area contributed by atoms with Crippen LogP contribution in [0.2, 0.25) is 0 Å². The number of unbranched alkanes of at least 4 members (excludes halogenated alkanes) is 1. The highest BCUT2D eigenvalue weighted by Gasteiger charge is 2.33. The SMILES string of the molecule is C[C@H]1CCN(C(=O)CCCCC(=O)O)C1.NCC(=O)NCC(=O)NCC(=O)NCCOCCOCCO.NCCOCCOCCO.O=C(CNC(=O)CNC(=O)CNC(=O)OCc1ccccc1)NCCOCCOCCO.O=C(CNC(=O)CNC(=O)OCc1ccccc1)NCC(=O)ON1C(=O)CCC1=O.[HH]. The standard InChI is InChI=1S/C20H30N4O8.C18H20N4O8.C12H24N4O6.C11H19NO3.C6H15NO3.H2/c25-7-9-31-11-10-30-8-6-21-17(26)12-22-18(27)13-23-19(28)14-24-20(29)32-15-16-4-2-1-3-5-16;23-13(20-10-17(27)30-22-15(25)6-7-16(22)26)8-19-14(24)9-21-18(28)29-11-12-4-2-1-3-5-12;13-7-10(18)15-9-12(20)16-8-11(19)14-1-3-21-5-6-22-4-2-17;1-9-6-7-12(8-9)10(13)4-2-3-5-11(14)15;7-1-3-9-5-6-10-4-2-8;/h1-5,25H,6-15H2,(H,21,26)(H,22,27)(H,23,28)(H,24,29);1-5H,6-11H2,(H,19,24)(H,20,23)(H,21,28);17H,1-9,13H2,(H,14,19)(H,15,18)(H,16,20);9H,2-8H2,1H3,(H,14,15);8H,1-7H2;1H/t;;;9-;;/m...0../s1. The number of ether oxygens (including phenoxy) is 8. The third-order valence-corrected chi connectivity index (χ3v) is 13.3. The molecule has 13 amide bonds. The van der Waals surface area contributed by atoms with E-state index < -0.39 is 96.9 Å². The molecule has 0 saturated carbocycles. The van der Waals surface area contributed by atoms with Crippen molar-refractivity contribution in [1.82, 2.24) is 63.1 Å². The average Bonchev–Trinajstić information content (AvgIpc) is 1.74. The van der Waals surface area contributed by atoms with Crippen molar-refractivity contribution in [3.63, 3.8) is 0 Å². The summed E-state index contributed by atoms with van der Waals surface area (Å²) in [7, 11) is 0. The molecule has 0 aromatic heterocycles. The van der Waals surface area contributed by atoms with Crippen LogP contribution in [0.5, 0.6) is 0 Å². The number of alkyl carbamates (subject to hydrolysis) is 2. The minimum atomic E-state index is -1.01. The molecule has 42 nitrogen and oxygen atoms in total. The number of carbonyl (C=O) groups is 15. The number of likely N-dealkylation sites (tertiary alicyclic amines) is 1. The Balaban J connectivity index is 0. The average molecular weight is 1560 g/mol. The molecule has 616 valence electrons. The van der Waals surface area contributed by atoms with Crippen LogP contribution in [0, 0.1) is 5.92 Å². The van der Waals surface area contributed by atoms with Gasteiger partial charge in [-0.25, -0.2) is 14.4 Å². The summed E-state index contributed by atoms with van der Waals surface area (Å²) in [5.41, 5.74) is 11.8. The Bertz CT molecular complexity index is 2950. The number of rotatable bonds is 50. The molecular weight excluding hydrogens is 1450 g/mol. The Labute approximate surface area is 631 Å². The van der Waals surface area contributed by atoms with Gasteiger partial charge in [0.05, 0.1) is 138 Å². The van der Waals surface area contributed by atoms with Gasteiger partial charge in [-0.2, -0.15) is 0 Å². The summed E-state index contributed by atoms with van der Waals surface area (Å²) in [4.78, 5) is 177. The molecule has 2 saturated heterocycles. The molecule has 0 unspecified atom stereocenters. The number of hydroxylamine groups is 2. The molecule has 1 atom stereocenters. The van der Waals surface area contributed by atoms with Crippen molar-refractivity contribution in [2.75, 3.05) is 191 Å². The first-order valence-electron chi connectivity index (χ1n) is 34.7. The maximum absolute atomic E-state index is 11.7. The van der Waals surface area contributed by atoms with Gasteiger partial charge in [0.15, 0.2) is 0 Å². The molecular formula is C67H110N14O28. The number of imide groups is 1. The number of amides is 13. The largest absolute Gasteiger partial charge is 0.481 e. The van der Waals surface area contributed by atoms with Crippen LogP contribution in [0.1, 0.15) is 64.4 Å². The summed E-state index contributed by atoms with van der Waals surface area (Å²) in [5.74, 6) is -6.47. The van der Waals surface area contributed by atoms with E-state index in [1.54, 1.807) is 36.4 Å². The van der Waals surface area contributed by atoms with Crippen LogP contribution in [0.15, 0.2) is 60.7 Å². The number of carboxylic acids is 1. The number of aliphatic carboxylic acids is 1. The summed E-state index contributed by atoms with van der Waals surface area (Å²) in [6.45, 7) is 6.65. The molecule has 0 bridgehead atoms. The molecule has 42 heteroatoms. The van der Waals surface area contributed by atoms with Crippen LogP contribution in [0.4, 0.5) is 9.59 Å². The van der Waals surface area contributed by atoms with Gasteiger partial charge in [-0.3, -0.25) is 57.5 Å². The van der Waals surface area contributed by atoms with Gasteiger partial charge in [-0.1, -0.05) is 67.6 Å². The maximum atomic E-state index is 11.7. The number of benzene rings is 2. The van der Waals surface area contributed by atoms with Crippen LogP contribution in [0.25, 0.3) is 0 Å².